The summed E-state index contributed by atoms with van der Waals surface area (Å²) < 4.78 is 5.14. The van der Waals surface area contributed by atoms with Crippen LogP contribution in [0.25, 0.3) is 0 Å². The lowest BCUT2D eigenvalue weighted by molar-refractivity contribution is -0.126. The Hall–Kier alpha value is -3.06. The fourth-order valence-electron chi connectivity index (χ4n) is 3.22. The van der Waals surface area contributed by atoms with Crippen molar-refractivity contribution in [1.82, 2.24) is 10.9 Å². The summed E-state index contributed by atoms with van der Waals surface area (Å²) in [5, 5.41) is 0.369. The van der Waals surface area contributed by atoms with Gasteiger partial charge in [0.05, 0.1) is 18.6 Å². The van der Waals surface area contributed by atoms with Gasteiger partial charge in [0, 0.05) is 23.7 Å². The summed E-state index contributed by atoms with van der Waals surface area (Å²) >= 11 is 5.93. The molecule has 1 atom stereocenters. The number of amides is 3. The van der Waals surface area contributed by atoms with Crippen LogP contribution in [0.1, 0.15) is 29.3 Å². The number of nitrogens with one attached hydrogen (secondary N) is 2. The van der Waals surface area contributed by atoms with E-state index in [0.717, 1.165) is 17.7 Å². The maximum Gasteiger partial charge on any atom is 0.273 e. The molecule has 0 saturated carbocycles. The number of carbonyl (C=O) groups excluding carboxylic acids is 3. The summed E-state index contributed by atoms with van der Waals surface area (Å²) in [4.78, 5) is 38.9. The van der Waals surface area contributed by atoms with Crippen LogP contribution in [0.5, 0.6) is 5.75 Å². The minimum absolute atomic E-state index is 0.0819. The van der Waals surface area contributed by atoms with Gasteiger partial charge in [-0.15, -0.1) is 0 Å². The van der Waals surface area contributed by atoms with Gasteiger partial charge in [0.25, 0.3) is 5.91 Å². The van der Waals surface area contributed by atoms with Gasteiger partial charge < -0.3 is 9.64 Å². The highest BCUT2D eigenvalue weighted by atomic mass is 35.5. The number of rotatable bonds is 5. The molecule has 1 unspecified atom stereocenters. The van der Waals surface area contributed by atoms with E-state index in [1.165, 1.54) is 13.2 Å². The number of nitrogens with zero attached hydrogens (tertiary/aromatic N) is 1. The van der Waals surface area contributed by atoms with Crippen molar-refractivity contribution in [3.8, 4) is 5.75 Å². The number of anilines is 1. The summed E-state index contributed by atoms with van der Waals surface area (Å²) in [6.45, 7) is 2.30. The minimum Gasteiger partial charge on any atom is -0.496 e. The second-order valence-electron chi connectivity index (χ2n) is 6.72. The molecule has 3 amide bonds. The monoisotopic (exact) mass is 415 g/mol. The highest BCUT2D eigenvalue weighted by Crippen LogP contribution is 2.26. The van der Waals surface area contributed by atoms with Crippen molar-refractivity contribution in [2.45, 2.75) is 19.8 Å². The predicted octanol–water partition coefficient (Wildman–Crippen LogP) is 2.73. The first-order valence-electron chi connectivity index (χ1n) is 9.26. The van der Waals surface area contributed by atoms with E-state index in [0.29, 0.717) is 10.8 Å². The van der Waals surface area contributed by atoms with Crippen LogP contribution in [0.2, 0.25) is 5.02 Å². The summed E-state index contributed by atoms with van der Waals surface area (Å²) in [6.07, 6.45) is 0.942. The first-order chi connectivity index (χ1) is 13.9. The number of carbonyl (C=O) groups is 3. The Morgan fingerprint density at radius 2 is 2.00 bits per heavy atom. The van der Waals surface area contributed by atoms with Crippen LogP contribution >= 0.6 is 11.6 Å². The van der Waals surface area contributed by atoms with E-state index in [4.69, 9.17) is 16.3 Å². The second kappa shape index (κ2) is 8.96. The lowest BCUT2D eigenvalue weighted by Crippen LogP contribution is -2.45. The fraction of sp³-hybridized carbons (Fsp3) is 0.286. The summed E-state index contributed by atoms with van der Waals surface area (Å²) in [5.74, 6) is -1.34. The van der Waals surface area contributed by atoms with E-state index < -0.39 is 17.7 Å². The van der Waals surface area contributed by atoms with Crippen LogP contribution in [-0.2, 0) is 16.0 Å². The lowest BCUT2D eigenvalue weighted by Gasteiger charge is -2.17. The standard InChI is InChI=1S/C21H22ClN3O4/c1-3-13-5-4-6-16(9-13)25-12-14(10-19(25)26)20(27)23-24-21(28)17-11-15(22)7-8-18(17)29-2/h4-9,11,14H,3,10,12H2,1-2H3,(H,23,27)(H,24,28). The predicted molar refractivity (Wildman–Crippen MR) is 110 cm³/mol. The van der Waals surface area contributed by atoms with Crippen LogP contribution in [0.4, 0.5) is 5.69 Å². The van der Waals surface area contributed by atoms with Gasteiger partial charge >= 0.3 is 0 Å². The first-order valence-corrected chi connectivity index (χ1v) is 9.63. The summed E-state index contributed by atoms with van der Waals surface area (Å²) in [5.41, 5.74) is 6.84. The molecule has 0 radical (unpaired) electrons. The van der Waals surface area contributed by atoms with Gasteiger partial charge in [-0.3, -0.25) is 25.2 Å². The molecule has 1 fully saturated rings. The number of hydrogen-bond acceptors (Lipinski definition) is 4. The zero-order valence-electron chi connectivity index (χ0n) is 16.2. The number of hydrazine groups is 1. The zero-order valence-corrected chi connectivity index (χ0v) is 17.0. The highest BCUT2D eigenvalue weighted by Gasteiger charge is 2.35. The SMILES string of the molecule is CCc1cccc(N2CC(C(=O)NNC(=O)c3cc(Cl)ccc3OC)CC2=O)c1. The Balaban J connectivity index is 1.62. The maximum atomic E-state index is 12.5. The molecule has 1 aliphatic rings. The summed E-state index contributed by atoms with van der Waals surface area (Å²) in [6, 6.07) is 12.3. The average Bonchev–Trinajstić information content (AvgIpc) is 3.13. The third kappa shape index (κ3) is 4.68. The molecule has 2 aromatic carbocycles. The quantitative estimate of drug-likeness (QED) is 0.735. The van der Waals surface area contributed by atoms with E-state index in [1.54, 1.807) is 17.0 Å². The maximum absolute atomic E-state index is 12.5. The molecule has 2 aromatic rings. The van der Waals surface area contributed by atoms with Gasteiger partial charge in [-0.1, -0.05) is 30.7 Å². The molecule has 1 aliphatic heterocycles. The van der Waals surface area contributed by atoms with Crippen LogP contribution < -0.4 is 20.5 Å². The van der Waals surface area contributed by atoms with Gasteiger partial charge in [0.1, 0.15) is 5.75 Å². The van der Waals surface area contributed by atoms with Gasteiger partial charge in [0.2, 0.25) is 11.8 Å². The fourth-order valence-corrected chi connectivity index (χ4v) is 3.39. The van der Waals surface area contributed by atoms with E-state index in [1.807, 2.05) is 31.2 Å². The van der Waals surface area contributed by atoms with E-state index in [2.05, 4.69) is 10.9 Å². The van der Waals surface area contributed by atoms with Crippen molar-refractivity contribution in [2.75, 3.05) is 18.6 Å². The third-order valence-electron chi connectivity index (χ3n) is 4.83. The molecular weight excluding hydrogens is 394 g/mol. The number of hydrogen-bond donors (Lipinski definition) is 2. The van der Waals surface area contributed by atoms with Gasteiger partial charge in [-0.2, -0.15) is 0 Å². The molecule has 152 valence electrons. The Kier molecular flexibility index (Phi) is 6.39. The Morgan fingerprint density at radius 3 is 2.72 bits per heavy atom. The van der Waals surface area contributed by atoms with Crippen molar-refractivity contribution in [3.63, 3.8) is 0 Å². The highest BCUT2D eigenvalue weighted by molar-refractivity contribution is 6.31. The normalized spacial score (nSPS) is 15.9. The molecule has 1 saturated heterocycles. The van der Waals surface area contributed by atoms with Crippen LogP contribution in [0.15, 0.2) is 42.5 Å². The third-order valence-corrected chi connectivity index (χ3v) is 5.07. The average molecular weight is 416 g/mol. The van der Waals surface area contributed by atoms with Crippen LogP contribution in [-0.4, -0.2) is 31.4 Å². The van der Waals surface area contributed by atoms with Crippen molar-refractivity contribution in [3.05, 3.63) is 58.6 Å². The molecular formula is C21H22ClN3O4. The van der Waals surface area contributed by atoms with Crippen molar-refractivity contribution in [1.29, 1.82) is 0 Å². The number of benzene rings is 2. The Bertz CT molecular complexity index is 947. The topological polar surface area (TPSA) is 87.7 Å². The molecule has 0 aromatic heterocycles. The molecule has 0 aliphatic carbocycles. The van der Waals surface area contributed by atoms with E-state index in [-0.39, 0.29) is 24.4 Å². The van der Waals surface area contributed by atoms with Crippen molar-refractivity contribution in [2.24, 2.45) is 5.92 Å². The van der Waals surface area contributed by atoms with E-state index >= 15 is 0 Å². The number of ether oxygens (including phenoxy) is 1. The molecule has 3 rings (SSSR count). The molecule has 0 spiro atoms. The molecule has 0 bridgehead atoms. The lowest BCUT2D eigenvalue weighted by atomic mass is 10.1. The smallest absolute Gasteiger partial charge is 0.273 e. The van der Waals surface area contributed by atoms with Crippen molar-refractivity contribution >= 4 is 35.0 Å². The Labute approximate surface area is 173 Å². The van der Waals surface area contributed by atoms with Gasteiger partial charge in [0.15, 0.2) is 0 Å². The number of methoxy groups -OCH3 is 1. The second-order valence-corrected chi connectivity index (χ2v) is 7.15. The molecule has 29 heavy (non-hydrogen) atoms. The van der Waals surface area contributed by atoms with Gasteiger partial charge in [-0.05, 0) is 42.3 Å². The zero-order chi connectivity index (χ0) is 21.0. The number of halogens is 1. The van der Waals surface area contributed by atoms with Crippen LogP contribution in [0.3, 0.4) is 0 Å². The summed E-state index contributed by atoms with van der Waals surface area (Å²) in [7, 11) is 1.44. The molecule has 2 N–H and O–H groups in total. The largest absolute Gasteiger partial charge is 0.496 e. The minimum atomic E-state index is -0.561. The van der Waals surface area contributed by atoms with Gasteiger partial charge in [-0.25, -0.2) is 0 Å². The number of aryl methyl sites for hydroxylation is 1. The molecule has 8 heteroatoms. The Morgan fingerprint density at radius 1 is 1.21 bits per heavy atom. The van der Waals surface area contributed by atoms with E-state index in [9.17, 15) is 14.4 Å². The van der Waals surface area contributed by atoms with Crippen LogP contribution in [0, 0.1) is 5.92 Å². The first kappa shape index (κ1) is 20.7. The molecule has 1 heterocycles. The van der Waals surface area contributed by atoms with Crippen molar-refractivity contribution < 1.29 is 19.1 Å². The molecule has 7 nitrogen and oxygen atoms in total.